The molecular formula is C16H12Cl2O3. The third kappa shape index (κ3) is 3.78. The Hall–Kier alpha value is -1.97. The van der Waals surface area contributed by atoms with Crippen LogP contribution in [-0.2, 0) is 4.79 Å². The zero-order valence-corrected chi connectivity index (χ0v) is 12.7. The Morgan fingerprint density at radius 1 is 1.14 bits per heavy atom. The van der Waals surface area contributed by atoms with Gasteiger partial charge in [-0.3, -0.25) is 0 Å². The van der Waals surface area contributed by atoms with Gasteiger partial charge in [0.25, 0.3) is 0 Å². The molecule has 3 nitrogen and oxygen atoms in total. The number of rotatable bonds is 4. The SMILES string of the molecule is COc1ccc(/C(=C/c2ccc(Cl)cc2)C(=O)O)cc1Cl. The zero-order valence-electron chi connectivity index (χ0n) is 11.1. The van der Waals surface area contributed by atoms with E-state index in [1.165, 1.54) is 7.11 Å². The van der Waals surface area contributed by atoms with Crippen LogP contribution in [-0.4, -0.2) is 18.2 Å². The predicted octanol–water partition coefficient (Wildman–Crippen LogP) is 4.63. The molecule has 108 valence electrons. The van der Waals surface area contributed by atoms with E-state index in [0.717, 1.165) is 5.56 Å². The largest absolute Gasteiger partial charge is 0.495 e. The minimum atomic E-state index is -1.04. The molecular weight excluding hydrogens is 311 g/mol. The standard InChI is InChI=1S/C16H12Cl2O3/c1-21-15-7-4-11(9-14(15)18)13(16(19)20)8-10-2-5-12(17)6-3-10/h2-9H,1H3,(H,19,20)/b13-8-. The summed E-state index contributed by atoms with van der Waals surface area (Å²) in [6, 6.07) is 11.8. The molecule has 21 heavy (non-hydrogen) atoms. The first-order chi connectivity index (χ1) is 10.0. The molecule has 0 aliphatic heterocycles. The second-order valence-corrected chi connectivity index (χ2v) is 5.11. The van der Waals surface area contributed by atoms with Gasteiger partial charge >= 0.3 is 5.97 Å². The minimum absolute atomic E-state index is 0.141. The van der Waals surface area contributed by atoms with Crippen LogP contribution in [0.5, 0.6) is 5.75 Å². The monoisotopic (exact) mass is 322 g/mol. The molecule has 0 spiro atoms. The second kappa shape index (κ2) is 6.66. The number of hydrogen-bond donors (Lipinski definition) is 1. The minimum Gasteiger partial charge on any atom is -0.495 e. The number of aliphatic carboxylic acids is 1. The van der Waals surface area contributed by atoms with Gasteiger partial charge in [-0.2, -0.15) is 0 Å². The highest BCUT2D eigenvalue weighted by Crippen LogP contribution is 2.29. The van der Waals surface area contributed by atoms with E-state index in [2.05, 4.69) is 0 Å². The van der Waals surface area contributed by atoms with E-state index < -0.39 is 5.97 Å². The van der Waals surface area contributed by atoms with Gasteiger partial charge in [0, 0.05) is 5.02 Å². The highest BCUT2D eigenvalue weighted by molar-refractivity contribution is 6.32. The lowest BCUT2D eigenvalue weighted by Crippen LogP contribution is -2.00. The number of methoxy groups -OCH3 is 1. The fourth-order valence-corrected chi connectivity index (χ4v) is 2.21. The van der Waals surface area contributed by atoms with Gasteiger partial charge in [0.15, 0.2) is 0 Å². The van der Waals surface area contributed by atoms with Gasteiger partial charge in [-0.05, 0) is 41.5 Å². The van der Waals surface area contributed by atoms with Crippen molar-refractivity contribution in [1.29, 1.82) is 0 Å². The number of hydrogen-bond acceptors (Lipinski definition) is 2. The molecule has 0 aromatic heterocycles. The fraction of sp³-hybridized carbons (Fsp3) is 0.0625. The maximum atomic E-state index is 11.5. The Labute approximate surface area is 132 Å². The van der Waals surface area contributed by atoms with Crippen LogP contribution in [0.4, 0.5) is 0 Å². The van der Waals surface area contributed by atoms with Crippen LogP contribution in [0.3, 0.4) is 0 Å². The van der Waals surface area contributed by atoms with E-state index in [0.29, 0.717) is 21.4 Å². The van der Waals surface area contributed by atoms with Crippen LogP contribution in [0, 0.1) is 0 Å². The topological polar surface area (TPSA) is 46.5 Å². The molecule has 0 fully saturated rings. The molecule has 2 aromatic rings. The van der Waals surface area contributed by atoms with Crippen molar-refractivity contribution in [3.8, 4) is 5.75 Å². The molecule has 0 unspecified atom stereocenters. The molecule has 2 aromatic carbocycles. The number of halogens is 2. The first-order valence-corrected chi connectivity index (χ1v) is 6.81. The average Bonchev–Trinajstić information content (AvgIpc) is 2.46. The number of ether oxygens (including phenoxy) is 1. The van der Waals surface area contributed by atoms with Gasteiger partial charge in [-0.15, -0.1) is 0 Å². The van der Waals surface area contributed by atoms with E-state index in [1.807, 2.05) is 0 Å². The summed E-state index contributed by atoms with van der Waals surface area (Å²) in [4.78, 5) is 11.5. The van der Waals surface area contributed by atoms with Crippen molar-refractivity contribution in [1.82, 2.24) is 0 Å². The Morgan fingerprint density at radius 3 is 2.33 bits per heavy atom. The van der Waals surface area contributed by atoms with Crippen LogP contribution >= 0.6 is 23.2 Å². The summed E-state index contributed by atoms with van der Waals surface area (Å²) < 4.78 is 5.06. The molecule has 0 atom stereocenters. The third-order valence-corrected chi connectivity index (χ3v) is 3.42. The van der Waals surface area contributed by atoms with Crippen molar-refractivity contribution in [3.05, 3.63) is 63.6 Å². The summed E-state index contributed by atoms with van der Waals surface area (Å²) in [5.74, 6) is -0.539. The average molecular weight is 323 g/mol. The molecule has 2 rings (SSSR count). The van der Waals surface area contributed by atoms with Gasteiger partial charge in [0.1, 0.15) is 5.75 Å². The van der Waals surface area contributed by atoms with Gasteiger partial charge in [0.05, 0.1) is 17.7 Å². The second-order valence-electron chi connectivity index (χ2n) is 4.26. The first-order valence-electron chi connectivity index (χ1n) is 6.05. The normalized spacial score (nSPS) is 11.3. The van der Waals surface area contributed by atoms with Gasteiger partial charge in [0.2, 0.25) is 0 Å². The Balaban J connectivity index is 2.46. The first kappa shape index (κ1) is 15.4. The lowest BCUT2D eigenvalue weighted by molar-refractivity contribution is -0.130. The summed E-state index contributed by atoms with van der Waals surface area (Å²) >= 11 is 11.9. The maximum Gasteiger partial charge on any atom is 0.336 e. The zero-order chi connectivity index (χ0) is 15.4. The van der Waals surface area contributed by atoms with Crippen molar-refractivity contribution in [2.45, 2.75) is 0 Å². The molecule has 0 saturated heterocycles. The molecule has 1 N–H and O–H groups in total. The maximum absolute atomic E-state index is 11.5. The van der Waals surface area contributed by atoms with Crippen LogP contribution in [0.1, 0.15) is 11.1 Å². The van der Waals surface area contributed by atoms with E-state index in [4.69, 9.17) is 27.9 Å². The number of carboxylic acids is 1. The van der Waals surface area contributed by atoms with Crippen LogP contribution in [0.2, 0.25) is 10.0 Å². The molecule has 0 amide bonds. The van der Waals surface area contributed by atoms with Gasteiger partial charge < -0.3 is 9.84 Å². The highest BCUT2D eigenvalue weighted by atomic mass is 35.5. The molecule has 0 aliphatic carbocycles. The number of benzene rings is 2. The summed E-state index contributed by atoms with van der Waals surface area (Å²) in [7, 11) is 1.50. The molecule has 0 radical (unpaired) electrons. The predicted molar refractivity (Wildman–Crippen MR) is 85.0 cm³/mol. The quantitative estimate of drug-likeness (QED) is 0.659. The van der Waals surface area contributed by atoms with E-state index in [9.17, 15) is 9.90 Å². The van der Waals surface area contributed by atoms with Gasteiger partial charge in [-0.1, -0.05) is 41.4 Å². The number of carbonyl (C=O) groups is 1. The third-order valence-electron chi connectivity index (χ3n) is 2.87. The Bertz CT molecular complexity index is 691. The van der Waals surface area contributed by atoms with Crippen molar-refractivity contribution in [3.63, 3.8) is 0 Å². The van der Waals surface area contributed by atoms with Crippen LogP contribution < -0.4 is 4.74 Å². The summed E-state index contributed by atoms with van der Waals surface area (Å²) in [5, 5.41) is 10.3. The molecule has 0 bridgehead atoms. The van der Waals surface area contributed by atoms with Crippen LogP contribution in [0.15, 0.2) is 42.5 Å². The van der Waals surface area contributed by atoms with Crippen molar-refractivity contribution in [2.75, 3.05) is 7.11 Å². The molecule has 5 heteroatoms. The van der Waals surface area contributed by atoms with Crippen molar-refractivity contribution >= 4 is 40.8 Å². The lowest BCUT2D eigenvalue weighted by atomic mass is 10.0. The van der Waals surface area contributed by atoms with Crippen molar-refractivity contribution < 1.29 is 14.6 Å². The molecule has 0 aliphatic rings. The van der Waals surface area contributed by atoms with E-state index in [1.54, 1.807) is 48.5 Å². The Morgan fingerprint density at radius 2 is 1.81 bits per heavy atom. The smallest absolute Gasteiger partial charge is 0.336 e. The summed E-state index contributed by atoms with van der Waals surface area (Å²) in [5.41, 5.74) is 1.38. The summed E-state index contributed by atoms with van der Waals surface area (Å²) in [6.07, 6.45) is 1.57. The lowest BCUT2D eigenvalue weighted by Gasteiger charge is -2.07. The van der Waals surface area contributed by atoms with Crippen LogP contribution in [0.25, 0.3) is 11.6 Å². The van der Waals surface area contributed by atoms with E-state index in [-0.39, 0.29) is 5.57 Å². The molecule has 0 heterocycles. The number of carboxylic acid groups (broad SMARTS) is 1. The fourth-order valence-electron chi connectivity index (χ4n) is 1.83. The Kier molecular flexibility index (Phi) is 4.89. The van der Waals surface area contributed by atoms with E-state index >= 15 is 0 Å². The highest BCUT2D eigenvalue weighted by Gasteiger charge is 2.12. The van der Waals surface area contributed by atoms with Crippen molar-refractivity contribution in [2.24, 2.45) is 0 Å². The molecule has 0 saturated carbocycles. The summed E-state index contributed by atoms with van der Waals surface area (Å²) in [6.45, 7) is 0. The van der Waals surface area contributed by atoms with Gasteiger partial charge in [-0.25, -0.2) is 4.79 Å².